The van der Waals surface area contributed by atoms with Gasteiger partial charge in [-0.3, -0.25) is 10.1 Å². The van der Waals surface area contributed by atoms with Crippen LogP contribution in [0.15, 0.2) is 35.7 Å². The Balaban J connectivity index is 2.34. The van der Waals surface area contributed by atoms with Crippen molar-refractivity contribution in [3.63, 3.8) is 0 Å². The lowest BCUT2D eigenvalue weighted by Gasteiger charge is -2.17. The standard InChI is InChI=1S/C13H13ClN2O2S/c1-2-10(12-7-4-8-19-12)15-13-9(14)5-3-6-11(13)16(17)18/h3-8,10,15H,2H2,1H3. The summed E-state index contributed by atoms with van der Waals surface area (Å²) in [6.07, 6.45) is 0.822. The van der Waals surface area contributed by atoms with Crippen molar-refractivity contribution in [3.8, 4) is 0 Å². The first kappa shape index (κ1) is 13.8. The molecule has 1 N–H and O–H groups in total. The average molecular weight is 297 g/mol. The molecule has 6 heteroatoms. The van der Waals surface area contributed by atoms with E-state index in [-0.39, 0.29) is 11.7 Å². The smallest absolute Gasteiger partial charge is 0.293 e. The van der Waals surface area contributed by atoms with Gasteiger partial charge >= 0.3 is 0 Å². The van der Waals surface area contributed by atoms with Gasteiger partial charge in [-0.25, -0.2) is 0 Å². The van der Waals surface area contributed by atoms with E-state index in [4.69, 9.17) is 11.6 Å². The van der Waals surface area contributed by atoms with Gasteiger partial charge in [0.2, 0.25) is 0 Å². The number of nitrogens with one attached hydrogen (secondary N) is 1. The summed E-state index contributed by atoms with van der Waals surface area (Å²) in [4.78, 5) is 11.8. The van der Waals surface area contributed by atoms with Crippen molar-refractivity contribution >= 4 is 34.3 Å². The van der Waals surface area contributed by atoms with E-state index in [1.807, 2.05) is 24.4 Å². The summed E-state index contributed by atoms with van der Waals surface area (Å²) in [7, 11) is 0. The minimum absolute atomic E-state index is 0.00232. The number of para-hydroxylation sites is 1. The zero-order valence-electron chi connectivity index (χ0n) is 10.3. The van der Waals surface area contributed by atoms with Gasteiger partial charge in [0, 0.05) is 10.9 Å². The summed E-state index contributed by atoms with van der Waals surface area (Å²) in [5.41, 5.74) is 0.386. The van der Waals surface area contributed by atoms with Crippen molar-refractivity contribution in [3.05, 3.63) is 55.7 Å². The minimum atomic E-state index is -0.421. The molecule has 2 aromatic rings. The molecular formula is C13H13ClN2O2S. The van der Waals surface area contributed by atoms with Gasteiger partial charge in [0.1, 0.15) is 5.69 Å². The number of anilines is 1. The molecule has 0 amide bonds. The van der Waals surface area contributed by atoms with Crippen molar-refractivity contribution in [2.75, 3.05) is 5.32 Å². The summed E-state index contributed by atoms with van der Waals surface area (Å²) >= 11 is 7.69. The second-order valence-electron chi connectivity index (χ2n) is 4.01. The van der Waals surface area contributed by atoms with Crippen LogP contribution in [0.5, 0.6) is 0 Å². The molecule has 100 valence electrons. The fourth-order valence-corrected chi connectivity index (χ4v) is 2.93. The Bertz CT molecular complexity index is 572. The highest BCUT2D eigenvalue weighted by Gasteiger charge is 2.20. The summed E-state index contributed by atoms with van der Waals surface area (Å²) in [5, 5.41) is 16.6. The van der Waals surface area contributed by atoms with Crippen molar-refractivity contribution in [2.45, 2.75) is 19.4 Å². The molecule has 1 aromatic carbocycles. The van der Waals surface area contributed by atoms with Crippen LogP contribution in [-0.4, -0.2) is 4.92 Å². The summed E-state index contributed by atoms with van der Waals surface area (Å²) in [5.74, 6) is 0. The number of rotatable bonds is 5. The van der Waals surface area contributed by atoms with Gasteiger partial charge in [0.15, 0.2) is 0 Å². The van der Waals surface area contributed by atoms with Crippen molar-refractivity contribution in [1.82, 2.24) is 0 Å². The number of hydrogen-bond acceptors (Lipinski definition) is 4. The largest absolute Gasteiger partial charge is 0.371 e. The molecule has 0 aliphatic heterocycles. The molecule has 0 bridgehead atoms. The van der Waals surface area contributed by atoms with E-state index in [9.17, 15) is 10.1 Å². The minimum Gasteiger partial charge on any atom is -0.371 e. The van der Waals surface area contributed by atoms with E-state index >= 15 is 0 Å². The van der Waals surface area contributed by atoms with E-state index in [0.29, 0.717) is 10.7 Å². The Hall–Kier alpha value is -1.59. The maximum Gasteiger partial charge on any atom is 0.293 e. The first-order valence-corrected chi connectivity index (χ1v) is 7.12. The maximum absolute atomic E-state index is 11.0. The van der Waals surface area contributed by atoms with Gasteiger partial charge < -0.3 is 5.32 Å². The summed E-state index contributed by atoms with van der Waals surface area (Å²) < 4.78 is 0. The lowest BCUT2D eigenvalue weighted by molar-refractivity contribution is -0.384. The molecule has 0 fully saturated rings. The molecule has 4 nitrogen and oxygen atoms in total. The van der Waals surface area contributed by atoms with E-state index in [0.717, 1.165) is 11.3 Å². The van der Waals surface area contributed by atoms with Crippen molar-refractivity contribution in [1.29, 1.82) is 0 Å². The Kier molecular flexibility index (Phi) is 4.39. The predicted octanol–water partition coefficient (Wildman–Crippen LogP) is 4.87. The maximum atomic E-state index is 11.0. The molecule has 1 atom stereocenters. The Morgan fingerprint density at radius 1 is 1.42 bits per heavy atom. The Morgan fingerprint density at radius 2 is 2.21 bits per heavy atom. The zero-order valence-corrected chi connectivity index (χ0v) is 11.9. The van der Waals surface area contributed by atoms with Crippen LogP contribution in [-0.2, 0) is 0 Å². The highest BCUT2D eigenvalue weighted by atomic mass is 35.5. The van der Waals surface area contributed by atoms with Gasteiger partial charge in [0.25, 0.3) is 5.69 Å². The molecule has 1 unspecified atom stereocenters. The van der Waals surface area contributed by atoms with E-state index in [1.165, 1.54) is 6.07 Å². The lowest BCUT2D eigenvalue weighted by Crippen LogP contribution is -2.10. The Labute approximate surface area is 120 Å². The average Bonchev–Trinajstić information content (AvgIpc) is 2.90. The van der Waals surface area contributed by atoms with E-state index in [2.05, 4.69) is 5.32 Å². The number of nitrogens with zero attached hydrogens (tertiary/aromatic N) is 1. The third-order valence-corrected chi connectivity index (χ3v) is 4.10. The first-order chi connectivity index (χ1) is 9.13. The molecular weight excluding hydrogens is 284 g/mol. The fourth-order valence-electron chi connectivity index (χ4n) is 1.85. The third kappa shape index (κ3) is 3.05. The molecule has 0 aliphatic carbocycles. The van der Waals surface area contributed by atoms with Crippen LogP contribution >= 0.6 is 22.9 Å². The molecule has 1 heterocycles. The zero-order chi connectivity index (χ0) is 13.8. The van der Waals surface area contributed by atoms with Crippen LogP contribution in [0.4, 0.5) is 11.4 Å². The van der Waals surface area contributed by atoms with Crippen LogP contribution in [0.3, 0.4) is 0 Å². The fraction of sp³-hybridized carbons (Fsp3) is 0.231. The van der Waals surface area contributed by atoms with Crippen LogP contribution in [0, 0.1) is 10.1 Å². The number of benzene rings is 1. The van der Waals surface area contributed by atoms with Crippen LogP contribution in [0.25, 0.3) is 0 Å². The normalized spacial score (nSPS) is 12.1. The van der Waals surface area contributed by atoms with Gasteiger partial charge in [-0.15, -0.1) is 11.3 Å². The quantitative estimate of drug-likeness (QED) is 0.632. The number of halogens is 1. The SMILES string of the molecule is CCC(Nc1c(Cl)cccc1[N+](=O)[O-])c1cccs1. The topological polar surface area (TPSA) is 55.2 Å². The van der Waals surface area contributed by atoms with Gasteiger partial charge in [0.05, 0.1) is 16.0 Å². The Morgan fingerprint density at radius 3 is 2.79 bits per heavy atom. The third-order valence-electron chi connectivity index (χ3n) is 2.80. The second-order valence-corrected chi connectivity index (χ2v) is 5.40. The van der Waals surface area contributed by atoms with Gasteiger partial charge in [-0.05, 0) is 23.9 Å². The molecule has 2 rings (SSSR count). The second kappa shape index (κ2) is 6.04. The molecule has 0 radical (unpaired) electrons. The van der Waals surface area contributed by atoms with E-state index in [1.54, 1.807) is 23.5 Å². The van der Waals surface area contributed by atoms with Crippen LogP contribution in [0.1, 0.15) is 24.3 Å². The van der Waals surface area contributed by atoms with Crippen molar-refractivity contribution < 1.29 is 4.92 Å². The van der Waals surface area contributed by atoms with E-state index < -0.39 is 4.92 Å². The molecule has 0 spiro atoms. The van der Waals surface area contributed by atoms with Crippen LogP contribution < -0.4 is 5.32 Å². The van der Waals surface area contributed by atoms with Gasteiger partial charge in [-0.1, -0.05) is 30.7 Å². The molecule has 1 aromatic heterocycles. The molecule has 0 aliphatic rings. The molecule has 19 heavy (non-hydrogen) atoms. The number of nitro benzene ring substituents is 1. The molecule has 0 saturated heterocycles. The number of thiophene rings is 1. The molecule has 0 saturated carbocycles. The highest BCUT2D eigenvalue weighted by Crippen LogP contribution is 2.36. The highest BCUT2D eigenvalue weighted by molar-refractivity contribution is 7.10. The lowest BCUT2D eigenvalue weighted by atomic mass is 10.1. The summed E-state index contributed by atoms with van der Waals surface area (Å²) in [6, 6.07) is 8.68. The number of nitro groups is 1. The van der Waals surface area contributed by atoms with Crippen LogP contribution in [0.2, 0.25) is 5.02 Å². The number of hydrogen-bond donors (Lipinski definition) is 1. The first-order valence-electron chi connectivity index (χ1n) is 5.86. The van der Waals surface area contributed by atoms with Crippen molar-refractivity contribution in [2.24, 2.45) is 0 Å². The monoisotopic (exact) mass is 296 g/mol. The predicted molar refractivity (Wildman–Crippen MR) is 79.1 cm³/mol. The van der Waals surface area contributed by atoms with Gasteiger partial charge in [-0.2, -0.15) is 0 Å². The summed E-state index contributed by atoms with van der Waals surface area (Å²) in [6.45, 7) is 2.03.